The van der Waals surface area contributed by atoms with E-state index < -0.39 is 6.10 Å². The molecule has 4 nitrogen and oxygen atoms in total. The summed E-state index contributed by atoms with van der Waals surface area (Å²) < 4.78 is 5.68. The summed E-state index contributed by atoms with van der Waals surface area (Å²) >= 11 is 6.18. The Kier molecular flexibility index (Phi) is 8.39. The Hall–Kier alpha value is -2.66. The van der Waals surface area contributed by atoms with E-state index in [1.807, 2.05) is 36.4 Å². The van der Waals surface area contributed by atoms with Crippen LogP contribution in [-0.2, 0) is 24.2 Å². The third-order valence-corrected chi connectivity index (χ3v) is 6.68. The van der Waals surface area contributed by atoms with Crippen LogP contribution in [0.1, 0.15) is 48.1 Å². The number of Topliss-reactive ketones (excluding diaryl/α,β-unsaturated/α-hetero) is 1. The molecule has 34 heavy (non-hydrogen) atoms. The topological polar surface area (TPSA) is 49.8 Å². The van der Waals surface area contributed by atoms with Crippen molar-refractivity contribution in [3.05, 3.63) is 100 Å². The third-order valence-electron chi connectivity index (χ3n) is 6.44. The van der Waals surface area contributed by atoms with E-state index in [-0.39, 0.29) is 18.4 Å². The van der Waals surface area contributed by atoms with E-state index in [1.54, 1.807) is 0 Å². The van der Waals surface area contributed by atoms with Crippen molar-refractivity contribution in [3.8, 4) is 5.75 Å². The molecule has 0 spiro atoms. The summed E-state index contributed by atoms with van der Waals surface area (Å²) in [5.74, 6) is 0.750. The molecule has 3 aromatic carbocycles. The maximum absolute atomic E-state index is 11.4. The maximum atomic E-state index is 11.4. The van der Waals surface area contributed by atoms with Gasteiger partial charge in [0, 0.05) is 24.2 Å². The van der Waals surface area contributed by atoms with Crippen LogP contribution < -0.4 is 4.74 Å². The number of aliphatic hydroxyl groups excluding tert-OH is 1. The lowest BCUT2D eigenvalue weighted by molar-refractivity contribution is -0.118. The van der Waals surface area contributed by atoms with Crippen LogP contribution >= 0.6 is 11.6 Å². The van der Waals surface area contributed by atoms with Gasteiger partial charge in [-0.2, -0.15) is 0 Å². The van der Waals surface area contributed by atoms with Crippen LogP contribution in [0.5, 0.6) is 5.75 Å². The number of benzene rings is 3. The minimum atomic E-state index is -0.629. The first-order chi connectivity index (χ1) is 16.5. The number of hydrogen-bond acceptors (Lipinski definition) is 4. The number of hydrogen-bond donors (Lipinski definition) is 1. The van der Waals surface area contributed by atoms with Crippen molar-refractivity contribution in [2.75, 3.05) is 13.2 Å². The van der Waals surface area contributed by atoms with E-state index >= 15 is 0 Å². The predicted octanol–water partition coefficient (Wildman–Crippen LogP) is 5.79. The Bertz CT molecular complexity index is 1100. The van der Waals surface area contributed by atoms with Crippen LogP contribution in [0.3, 0.4) is 0 Å². The zero-order valence-electron chi connectivity index (χ0n) is 19.6. The second kappa shape index (κ2) is 11.7. The molecule has 0 heterocycles. The SMILES string of the molecule is CC(=O)COc1ccc2c(c1)C[C@@H](N(Cc1ccccc1)C[C@H](O)c1cccc(Cl)c1)CCC2. The van der Waals surface area contributed by atoms with E-state index in [4.69, 9.17) is 16.3 Å². The lowest BCUT2D eigenvalue weighted by Gasteiger charge is -2.33. The molecule has 2 atom stereocenters. The van der Waals surface area contributed by atoms with Gasteiger partial charge >= 0.3 is 0 Å². The van der Waals surface area contributed by atoms with Gasteiger partial charge in [-0.3, -0.25) is 9.69 Å². The minimum Gasteiger partial charge on any atom is -0.486 e. The van der Waals surface area contributed by atoms with Crippen LogP contribution in [0.4, 0.5) is 0 Å². The summed E-state index contributed by atoms with van der Waals surface area (Å²) in [6.07, 6.45) is 3.41. The first-order valence-electron chi connectivity index (χ1n) is 11.9. The maximum Gasteiger partial charge on any atom is 0.167 e. The van der Waals surface area contributed by atoms with E-state index in [0.29, 0.717) is 11.6 Å². The van der Waals surface area contributed by atoms with E-state index in [0.717, 1.165) is 43.5 Å². The van der Waals surface area contributed by atoms with Crippen molar-refractivity contribution in [1.29, 1.82) is 0 Å². The molecule has 1 aliphatic carbocycles. The number of ether oxygens (including phenoxy) is 1. The van der Waals surface area contributed by atoms with Gasteiger partial charge in [-0.05, 0) is 79.1 Å². The Balaban J connectivity index is 1.57. The molecule has 0 bridgehead atoms. The number of rotatable bonds is 9. The highest BCUT2D eigenvalue weighted by Gasteiger charge is 2.26. The van der Waals surface area contributed by atoms with Crippen molar-refractivity contribution in [3.63, 3.8) is 0 Å². The van der Waals surface area contributed by atoms with Crippen molar-refractivity contribution in [2.24, 2.45) is 0 Å². The van der Waals surface area contributed by atoms with Crippen molar-refractivity contribution in [2.45, 2.75) is 51.3 Å². The second-order valence-corrected chi connectivity index (χ2v) is 9.59. The molecule has 0 aliphatic heterocycles. The van der Waals surface area contributed by atoms with Crippen LogP contribution in [0.25, 0.3) is 0 Å². The van der Waals surface area contributed by atoms with Crippen LogP contribution in [-0.4, -0.2) is 35.0 Å². The highest BCUT2D eigenvalue weighted by atomic mass is 35.5. The van der Waals surface area contributed by atoms with Gasteiger partial charge in [-0.15, -0.1) is 0 Å². The summed E-state index contributed by atoms with van der Waals surface area (Å²) in [6.45, 7) is 2.91. The predicted molar refractivity (Wildman–Crippen MR) is 136 cm³/mol. The van der Waals surface area contributed by atoms with Crippen LogP contribution in [0.15, 0.2) is 72.8 Å². The molecule has 1 N–H and O–H groups in total. The van der Waals surface area contributed by atoms with Crippen LogP contribution in [0.2, 0.25) is 5.02 Å². The van der Waals surface area contributed by atoms with Gasteiger partial charge in [0.25, 0.3) is 0 Å². The standard InChI is InChI=1S/C29H32ClNO3/c1-21(32)20-34-28-14-13-23-9-6-12-27(16-25(23)17-28)31(18-22-7-3-2-4-8-22)19-29(33)24-10-5-11-26(30)15-24/h2-5,7-8,10-11,13-15,17,27,29,33H,6,9,12,16,18-20H2,1H3/t27-,29-/m0/s1. The average Bonchev–Trinajstić information content (AvgIpc) is 3.05. The number of carbonyl (C=O) groups excluding carboxylic acids is 1. The molecule has 0 fully saturated rings. The van der Waals surface area contributed by atoms with Gasteiger partial charge < -0.3 is 9.84 Å². The first kappa shape index (κ1) is 24.5. The molecule has 4 rings (SSSR count). The summed E-state index contributed by atoms with van der Waals surface area (Å²) in [5, 5.41) is 11.7. The van der Waals surface area contributed by atoms with Gasteiger partial charge in [-0.25, -0.2) is 0 Å². The van der Waals surface area contributed by atoms with Gasteiger partial charge in [0.15, 0.2) is 5.78 Å². The van der Waals surface area contributed by atoms with Crippen LogP contribution in [0, 0.1) is 0 Å². The number of nitrogens with zero attached hydrogens (tertiary/aromatic N) is 1. The first-order valence-corrected chi connectivity index (χ1v) is 12.3. The normalized spacial score (nSPS) is 16.5. The number of ketones is 1. The zero-order valence-corrected chi connectivity index (χ0v) is 20.4. The molecule has 5 heteroatoms. The van der Waals surface area contributed by atoms with Gasteiger partial charge in [0.2, 0.25) is 0 Å². The lowest BCUT2D eigenvalue weighted by Crippen LogP contribution is -2.39. The number of fused-ring (bicyclic) bond motifs is 1. The van der Waals surface area contributed by atoms with Crippen molar-refractivity contribution < 1.29 is 14.6 Å². The van der Waals surface area contributed by atoms with Crippen molar-refractivity contribution in [1.82, 2.24) is 4.90 Å². The van der Waals surface area contributed by atoms with E-state index in [9.17, 15) is 9.90 Å². The number of carbonyl (C=O) groups is 1. The summed E-state index contributed by atoms with van der Waals surface area (Å²) in [5.41, 5.74) is 4.66. The quantitative estimate of drug-likeness (QED) is 0.396. The van der Waals surface area contributed by atoms with Gasteiger partial charge in [-0.1, -0.05) is 60.1 Å². The minimum absolute atomic E-state index is 0.0110. The van der Waals surface area contributed by atoms with Gasteiger partial charge in [0.05, 0.1) is 6.10 Å². The second-order valence-electron chi connectivity index (χ2n) is 9.16. The molecule has 0 unspecified atom stereocenters. The molecule has 178 valence electrons. The average molecular weight is 478 g/mol. The summed E-state index contributed by atoms with van der Waals surface area (Å²) in [6, 6.07) is 24.4. The Morgan fingerprint density at radius 3 is 2.68 bits per heavy atom. The number of halogens is 1. The third kappa shape index (κ3) is 6.69. The number of aryl methyl sites for hydroxylation is 1. The Morgan fingerprint density at radius 2 is 1.91 bits per heavy atom. The fraction of sp³-hybridized carbons (Fsp3) is 0.345. The molecule has 0 saturated heterocycles. The molecule has 0 aromatic heterocycles. The molecular formula is C29H32ClNO3. The Labute approximate surface area is 207 Å². The molecule has 0 saturated carbocycles. The highest BCUT2D eigenvalue weighted by molar-refractivity contribution is 6.30. The fourth-order valence-electron chi connectivity index (χ4n) is 4.71. The van der Waals surface area contributed by atoms with Crippen molar-refractivity contribution >= 4 is 17.4 Å². The van der Waals surface area contributed by atoms with E-state index in [1.165, 1.54) is 23.6 Å². The summed E-state index contributed by atoms with van der Waals surface area (Å²) in [4.78, 5) is 13.8. The molecular weight excluding hydrogens is 446 g/mol. The highest BCUT2D eigenvalue weighted by Crippen LogP contribution is 2.29. The smallest absolute Gasteiger partial charge is 0.167 e. The fourth-order valence-corrected chi connectivity index (χ4v) is 4.91. The zero-order chi connectivity index (χ0) is 23.9. The summed E-state index contributed by atoms with van der Waals surface area (Å²) in [7, 11) is 0. The molecule has 0 radical (unpaired) electrons. The molecule has 1 aliphatic rings. The van der Waals surface area contributed by atoms with E-state index in [2.05, 4.69) is 41.3 Å². The Morgan fingerprint density at radius 1 is 1.09 bits per heavy atom. The number of aliphatic hydroxyl groups is 1. The molecule has 0 amide bonds. The van der Waals surface area contributed by atoms with Gasteiger partial charge in [0.1, 0.15) is 12.4 Å². The molecule has 3 aromatic rings. The largest absolute Gasteiger partial charge is 0.486 e. The monoisotopic (exact) mass is 477 g/mol. The lowest BCUT2D eigenvalue weighted by atomic mass is 9.99.